The molecule has 0 bridgehead atoms. The third kappa shape index (κ3) is 2.89. The van der Waals surface area contributed by atoms with E-state index in [-0.39, 0.29) is 11.5 Å². The highest BCUT2D eigenvalue weighted by Gasteiger charge is 2.18. The van der Waals surface area contributed by atoms with E-state index in [4.69, 9.17) is 4.74 Å². The highest BCUT2D eigenvalue weighted by atomic mass is 16.5. The van der Waals surface area contributed by atoms with Gasteiger partial charge in [-0.2, -0.15) is 4.68 Å². The standard InChI is InChI=1S/C18H16N4O3/c23-17(21-9-11-25-12-10-21)13-5-7-14(8-6-13)22-18(24)15-3-1-2-4-16(15)19-20-22/h1-8H,9-12H2. The van der Waals surface area contributed by atoms with E-state index in [1.54, 1.807) is 47.4 Å². The Labute approximate surface area is 143 Å². The lowest BCUT2D eigenvalue weighted by molar-refractivity contribution is 0.0303. The summed E-state index contributed by atoms with van der Waals surface area (Å²) in [7, 11) is 0. The molecule has 126 valence electrons. The van der Waals surface area contributed by atoms with Crippen molar-refractivity contribution in [3.8, 4) is 5.69 Å². The molecule has 3 aromatic rings. The smallest absolute Gasteiger partial charge is 0.282 e. The highest BCUT2D eigenvalue weighted by Crippen LogP contribution is 2.12. The van der Waals surface area contributed by atoms with Gasteiger partial charge in [0.25, 0.3) is 11.5 Å². The molecule has 1 fully saturated rings. The molecule has 1 aliphatic heterocycles. The van der Waals surface area contributed by atoms with Crippen LogP contribution in [0.2, 0.25) is 0 Å². The minimum atomic E-state index is -0.238. The Morgan fingerprint density at radius 2 is 1.72 bits per heavy atom. The van der Waals surface area contributed by atoms with Crippen molar-refractivity contribution >= 4 is 16.8 Å². The van der Waals surface area contributed by atoms with Gasteiger partial charge in [0.15, 0.2) is 0 Å². The second kappa shape index (κ2) is 6.45. The van der Waals surface area contributed by atoms with E-state index < -0.39 is 0 Å². The molecule has 7 nitrogen and oxygen atoms in total. The number of carbonyl (C=O) groups excluding carboxylic acids is 1. The molecular formula is C18H16N4O3. The van der Waals surface area contributed by atoms with E-state index in [0.717, 1.165) is 0 Å². The van der Waals surface area contributed by atoms with Crippen LogP contribution in [0.4, 0.5) is 0 Å². The molecule has 0 unspecified atom stereocenters. The van der Waals surface area contributed by atoms with Crippen LogP contribution in [0.3, 0.4) is 0 Å². The Bertz CT molecular complexity index is 976. The number of rotatable bonds is 2. The molecule has 1 aliphatic rings. The molecule has 0 atom stereocenters. The van der Waals surface area contributed by atoms with Crippen LogP contribution in [0, 0.1) is 0 Å². The van der Waals surface area contributed by atoms with Crippen LogP contribution in [-0.4, -0.2) is 52.1 Å². The fourth-order valence-electron chi connectivity index (χ4n) is 2.85. The topological polar surface area (TPSA) is 77.3 Å². The summed E-state index contributed by atoms with van der Waals surface area (Å²) in [5.74, 6) is -0.0354. The van der Waals surface area contributed by atoms with Gasteiger partial charge >= 0.3 is 0 Å². The van der Waals surface area contributed by atoms with Crippen LogP contribution in [-0.2, 0) is 4.74 Å². The maximum atomic E-state index is 12.6. The largest absolute Gasteiger partial charge is 0.378 e. The first-order valence-electron chi connectivity index (χ1n) is 8.06. The number of morpholine rings is 1. The van der Waals surface area contributed by atoms with Crippen LogP contribution in [0.25, 0.3) is 16.6 Å². The van der Waals surface area contributed by atoms with E-state index in [2.05, 4.69) is 10.3 Å². The molecular weight excluding hydrogens is 320 g/mol. The van der Waals surface area contributed by atoms with Crippen molar-refractivity contribution in [1.29, 1.82) is 0 Å². The average molecular weight is 336 g/mol. The van der Waals surface area contributed by atoms with Crippen molar-refractivity contribution in [3.05, 3.63) is 64.4 Å². The van der Waals surface area contributed by atoms with Gasteiger partial charge in [0.1, 0.15) is 5.52 Å². The normalized spacial score (nSPS) is 14.6. The van der Waals surface area contributed by atoms with E-state index >= 15 is 0 Å². The van der Waals surface area contributed by atoms with Crippen LogP contribution >= 0.6 is 0 Å². The molecule has 25 heavy (non-hydrogen) atoms. The zero-order valence-electron chi connectivity index (χ0n) is 13.5. The molecule has 4 rings (SSSR count). The average Bonchev–Trinajstić information content (AvgIpc) is 2.69. The summed E-state index contributed by atoms with van der Waals surface area (Å²) in [6, 6.07) is 13.9. The monoisotopic (exact) mass is 336 g/mol. The Morgan fingerprint density at radius 1 is 1.00 bits per heavy atom. The maximum Gasteiger partial charge on any atom is 0.282 e. The molecule has 1 saturated heterocycles. The van der Waals surface area contributed by atoms with Crippen molar-refractivity contribution in [1.82, 2.24) is 19.9 Å². The number of aromatic nitrogens is 3. The van der Waals surface area contributed by atoms with E-state index in [9.17, 15) is 9.59 Å². The molecule has 0 aliphatic carbocycles. The number of hydrogen-bond donors (Lipinski definition) is 0. The van der Waals surface area contributed by atoms with Crippen molar-refractivity contribution in [3.63, 3.8) is 0 Å². The number of fused-ring (bicyclic) bond motifs is 1. The molecule has 1 aromatic heterocycles. The lowest BCUT2D eigenvalue weighted by atomic mass is 10.1. The van der Waals surface area contributed by atoms with Crippen LogP contribution in [0.5, 0.6) is 0 Å². The van der Waals surface area contributed by atoms with Gasteiger partial charge in [-0.05, 0) is 36.4 Å². The molecule has 0 saturated carbocycles. The first-order chi connectivity index (χ1) is 12.2. The van der Waals surface area contributed by atoms with Gasteiger partial charge in [0.05, 0.1) is 24.3 Å². The lowest BCUT2D eigenvalue weighted by Gasteiger charge is -2.26. The van der Waals surface area contributed by atoms with Gasteiger partial charge in [0.2, 0.25) is 0 Å². The summed E-state index contributed by atoms with van der Waals surface area (Å²) in [4.78, 5) is 26.8. The lowest BCUT2D eigenvalue weighted by Crippen LogP contribution is -2.40. The number of ether oxygens (including phenoxy) is 1. The summed E-state index contributed by atoms with van der Waals surface area (Å²) < 4.78 is 6.51. The second-order valence-electron chi connectivity index (χ2n) is 5.77. The Balaban J connectivity index is 1.65. The van der Waals surface area contributed by atoms with Gasteiger partial charge in [-0.3, -0.25) is 9.59 Å². The van der Waals surface area contributed by atoms with Gasteiger partial charge in [-0.1, -0.05) is 17.3 Å². The summed E-state index contributed by atoms with van der Waals surface area (Å²) in [6.45, 7) is 2.31. The van der Waals surface area contributed by atoms with Crippen molar-refractivity contribution in [2.24, 2.45) is 0 Å². The summed E-state index contributed by atoms with van der Waals surface area (Å²) in [5, 5.41) is 8.56. The molecule has 0 radical (unpaired) electrons. The fourth-order valence-corrected chi connectivity index (χ4v) is 2.85. The second-order valence-corrected chi connectivity index (χ2v) is 5.77. The maximum absolute atomic E-state index is 12.6. The summed E-state index contributed by atoms with van der Waals surface area (Å²) in [5.41, 5.74) is 1.47. The molecule has 0 N–H and O–H groups in total. The van der Waals surface area contributed by atoms with Gasteiger partial charge < -0.3 is 9.64 Å². The van der Waals surface area contributed by atoms with Crippen LogP contribution in [0.15, 0.2) is 53.3 Å². The van der Waals surface area contributed by atoms with Crippen molar-refractivity contribution in [2.75, 3.05) is 26.3 Å². The third-order valence-electron chi connectivity index (χ3n) is 4.23. The first kappa shape index (κ1) is 15.5. The van der Waals surface area contributed by atoms with Gasteiger partial charge in [-0.15, -0.1) is 5.10 Å². The van der Waals surface area contributed by atoms with Crippen molar-refractivity contribution in [2.45, 2.75) is 0 Å². The predicted molar refractivity (Wildman–Crippen MR) is 91.9 cm³/mol. The Morgan fingerprint density at radius 3 is 2.48 bits per heavy atom. The number of carbonyl (C=O) groups is 1. The van der Waals surface area contributed by atoms with Gasteiger partial charge in [-0.25, -0.2) is 0 Å². The Kier molecular flexibility index (Phi) is 3.99. The molecule has 1 amide bonds. The van der Waals surface area contributed by atoms with Gasteiger partial charge in [0, 0.05) is 18.7 Å². The molecule has 7 heteroatoms. The molecule has 2 heterocycles. The highest BCUT2D eigenvalue weighted by molar-refractivity contribution is 5.94. The zero-order valence-corrected chi connectivity index (χ0v) is 13.5. The number of amides is 1. The number of benzene rings is 2. The van der Waals surface area contributed by atoms with E-state index in [0.29, 0.717) is 48.5 Å². The van der Waals surface area contributed by atoms with E-state index in [1.807, 2.05) is 6.07 Å². The van der Waals surface area contributed by atoms with Crippen LogP contribution < -0.4 is 5.56 Å². The molecule has 2 aromatic carbocycles. The third-order valence-corrected chi connectivity index (χ3v) is 4.23. The SMILES string of the molecule is O=C(c1ccc(-n2nnc3ccccc3c2=O)cc1)N1CCOCC1. The summed E-state index contributed by atoms with van der Waals surface area (Å²) >= 11 is 0. The van der Waals surface area contributed by atoms with Crippen molar-refractivity contribution < 1.29 is 9.53 Å². The minimum absolute atomic E-state index is 0.0354. The van der Waals surface area contributed by atoms with E-state index in [1.165, 1.54) is 4.68 Å². The first-order valence-corrected chi connectivity index (χ1v) is 8.06. The summed E-state index contributed by atoms with van der Waals surface area (Å²) in [6.07, 6.45) is 0. The number of hydrogen-bond acceptors (Lipinski definition) is 5. The Hall–Kier alpha value is -3.06. The molecule has 0 spiro atoms. The van der Waals surface area contributed by atoms with Crippen LogP contribution in [0.1, 0.15) is 10.4 Å². The quantitative estimate of drug-likeness (QED) is 0.704. The number of nitrogens with zero attached hydrogens (tertiary/aromatic N) is 4. The predicted octanol–water partition coefficient (Wildman–Crippen LogP) is 1.25. The minimum Gasteiger partial charge on any atom is -0.378 e. The fraction of sp³-hybridized carbons (Fsp3) is 0.222. The zero-order chi connectivity index (χ0) is 17.2.